The van der Waals surface area contributed by atoms with Gasteiger partial charge in [-0.15, -0.1) is 0 Å². The number of aromatic nitrogens is 1. The van der Waals surface area contributed by atoms with Gasteiger partial charge >= 0.3 is 5.91 Å². The van der Waals surface area contributed by atoms with Gasteiger partial charge in [-0.1, -0.05) is 53.5 Å². The van der Waals surface area contributed by atoms with Crippen molar-refractivity contribution in [2.24, 2.45) is 5.10 Å². The zero-order valence-electron chi connectivity index (χ0n) is 22.4. The molecule has 1 amide bonds. The van der Waals surface area contributed by atoms with Gasteiger partial charge in [0.1, 0.15) is 24.7 Å². The lowest BCUT2D eigenvalue weighted by atomic mass is 10.2. The standard InChI is InChI=1S/C32H27Cl2N3O4/c1-21-8-9-22(2)37(21)25-10-12-26(13-11-25)39-20-27-14-15-30(41-27)32(38)36-35-18-24-16-28(33)31(29(34)17-24)40-19-23-6-4-3-5-7-23/h3-18H,19-20H2,1-2H3,(H,36,38)/b35-18+. The van der Waals surface area contributed by atoms with Gasteiger partial charge in [0.25, 0.3) is 0 Å². The van der Waals surface area contributed by atoms with Gasteiger partial charge < -0.3 is 18.5 Å². The first-order chi connectivity index (χ1) is 19.9. The van der Waals surface area contributed by atoms with Gasteiger partial charge in [-0.25, -0.2) is 5.43 Å². The number of hydrazone groups is 1. The Morgan fingerprint density at radius 1 is 0.878 bits per heavy atom. The molecular weight excluding hydrogens is 561 g/mol. The van der Waals surface area contributed by atoms with Gasteiger partial charge in [-0.05, 0) is 85.6 Å². The summed E-state index contributed by atoms with van der Waals surface area (Å²) in [4.78, 5) is 12.5. The molecule has 0 saturated carbocycles. The molecule has 7 nitrogen and oxygen atoms in total. The van der Waals surface area contributed by atoms with E-state index in [-0.39, 0.29) is 12.4 Å². The Balaban J connectivity index is 1.13. The summed E-state index contributed by atoms with van der Waals surface area (Å²) >= 11 is 12.7. The highest BCUT2D eigenvalue weighted by atomic mass is 35.5. The van der Waals surface area contributed by atoms with Crippen LogP contribution >= 0.6 is 23.2 Å². The molecule has 3 aromatic carbocycles. The van der Waals surface area contributed by atoms with Gasteiger partial charge in [-0.2, -0.15) is 5.10 Å². The summed E-state index contributed by atoms with van der Waals surface area (Å²) in [7, 11) is 0. The van der Waals surface area contributed by atoms with E-state index in [1.54, 1.807) is 24.3 Å². The number of hydrogen-bond acceptors (Lipinski definition) is 5. The molecule has 1 N–H and O–H groups in total. The molecule has 0 saturated heterocycles. The predicted molar refractivity (Wildman–Crippen MR) is 161 cm³/mol. The summed E-state index contributed by atoms with van der Waals surface area (Å²) in [6, 6.07) is 28.2. The summed E-state index contributed by atoms with van der Waals surface area (Å²) in [6.07, 6.45) is 1.43. The molecule has 0 aliphatic carbocycles. The largest absolute Gasteiger partial charge is 0.486 e. The molecular formula is C32H27Cl2N3O4. The van der Waals surface area contributed by atoms with Gasteiger partial charge in [0, 0.05) is 17.1 Å². The van der Waals surface area contributed by atoms with Crippen LogP contribution in [0.15, 0.2) is 101 Å². The first-order valence-electron chi connectivity index (χ1n) is 12.8. The number of rotatable bonds is 10. The number of carbonyl (C=O) groups excluding carboxylic acids is 1. The number of nitrogens with one attached hydrogen (secondary N) is 1. The van der Waals surface area contributed by atoms with Crippen LogP contribution in [0.25, 0.3) is 5.69 Å². The van der Waals surface area contributed by atoms with Crippen LogP contribution in [0.1, 0.15) is 38.8 Å². The van der Waals surface area contributed by atoms with Crippen LogP contribution in [0, 0.1) is 13.8 Å². The van der Waals surface area contributed by atoms with Crippen molar-refractivity contribution in [1.82, 2.24) is 9.99 Å². The molecule has 0 fully saturated rings. The molecule has 0 atom stereocenters. The lowest BCUT2D eigenvalue weighted by Gasteiger charge is -2.11. The second-order valence-electron chi connectivity index (χ2n) is 9.29. The molecule has 0 radical (unpaired) electrons. The van der Waals surface area contributed by atoms with Crippen LogP contribution in [0.4, 0.5) is 0 Å². The Bertz CT molecular complexity index is 1630. The van der Waals surface area contributed by atoms with E-state index < -0.39 is 5.91 Å². The fourth-order valence-corrected chi connectivity index (χ4v) is 4.85. The SMILES string of the molecule is Cc1ccc(C)n1-c1ccc(OCc2ccc(C(=O)N/N=C/c3cc(Cl)c(OCc4ccccc4)c(Cl)c3)o2)cc1. The number of carbonyl (C=O) groups is 1. The summed E-state index contributed by atoms with van der Waals surface area (Å²) in [5, 5.41) is 4.66. The molecule has 208 valence electrons. The van der Waals surface area contributed by atoms with E-state index in [1.165, 1.54) is 6.21 Å². The molecule has 0 bridgehead atoms. The van der Waals surface area contributed by atoms with Crippen molar-refractivity contribution in [2.75, 3.05) is 0 Å². The highest BCUT2D eigenvalue weighted by Crippen LogP contribution is 2.34. The molecule has 41 heavy (non-hydrogen) atoms. The van der Waals surface area contributed by atoms with Crippen LogP contribution in [-0.4, -0.2) is 16.7 Å². The minimum absolute atomic E-state index is 0.107. The third kappa shape index (κ3) is 7.01. The van der Waals surface area contributed by atoms with E-state index in [0.717, 1.165) is 22.6 Å². The number of aryl methyl sites for hydroxylation is 2. The number of nitrogens with zero attached hydrogens (tertiary/aromatic N) is 2. The number of benzene rings is 3. The van der Waals surface area contributed by atoms with Crippen LogP contribution in [0.2, 0.25) is 10.0 Å². The fraction of sp³-hybridized carbons (Fsp3) is 0.125. The lowest BCUT2D eigenvalue weighted by Crippen LogP contribution is -2.16. The van der Waals surface area contributed by atoms with Crippen molar-refractivity contribution in [3.05, 3.63) is 135 Å². The average Bonchev–Trinajstić information content (AvgIpc) is 3.58. The average molecular weight is 588 g/mol. The second-order valence-corrected chi connectivity index (χ2v) is 10.1. The van der Waals surface area contributed by atoms with Crippen molar-refractivity contribution >= 4 is 35.3 Å². The number of halogens is 2. The Morgan fingerprint density at radius 3 is 2.24 bits per heavy atom. The third-order valence-electron chi connectivity index (χ3n) is 6.26. The normalized spacial score (nSPS) is 11.1. The quantitative estimate of drug-likeness (QED) is 0.133. The minimum Gasteiger partial charge on any atom is -0.486 e. The molecule has 2 heterocycles. The monoisotopic (exact) mass is 587 g/mol. The van der Waals surface area contributed by atoms with Crippen molar-refractivity contribution < 1.29 is 18.7 Å². The van der Waals surface area contributed by atoms with E-state index in [4.69, 9.17) is 37.1 Å². The second kappa shape index (κ2) is 12.8. The van der Waals surface area contributed by atoms with Crippen molar-refractivity contribution in [3.8, 4) is 17.2 Å². The van der Waals surface area contributed by atoms with Gasteiger partial charge in [0.05, 0.1) is 16.3 Å². The van der Waals surface area contributed by atoms with E-state index in [2.05, 4.69) is 41.1 Å². The lowest BCUT2D eigenvalue weighted by molar-refractivity contribution is 0.0923. The van der Waals surface area contributed by atoms with Gasteiger partial charge in [0.15, 0.2) is 11.5 Å². The summed E-state index contributed by atoms with van der Waals surface area (Å²) in [5.41, 5.74) is 7.41. The van der Waals surface area contributed by atoms with E-state index in [1.807, 2.05) is 54.6 Å². The maximum atomic E-state index is 12.5. The summed E-state index contributed by atoms with van der Waals surface area (Å²) in [6.45, 7) is 4.64. The molecule has 9 heteroatoms. The smallest absolute Gasteiger partial charge is 0.307 e. The topological polar surface area (TPSA) is 78.0 Å². The van der Waals surface area contributed by atoms with Gasteiger partial charge in [0.2, 0.25) is 0 Å². The maximum absolute atomic E-state index is 12.5. The zero-order chi connectivity index (χ0) is 28.8. The first-order valence-corrected chi connectivity index (χ1v) is 13.6. The molecule has 0 aliphatic rings. The van der Waals surface area contributed by atoms with Crippen molar-refractivity contribution in [2.45, 2.75) is 27.1 Å². The van der Waals surface area contributed by atoms with Crippen LogP contribution in [-0.2, 0) is 13.2 Å². The van der Waals surface area contributed by atoms with Crippen molar-refractivity contribution in [1.29, 1.82) is 0 Å². The maximum Gasteiger partial charge on any atom is 0.307 e. The summed E-state index contributed by atoms with van der Waals surface area (Å²) < 4.78 is 19.4. The molecule has 0 spiro atoms. The molecule has 2 aromatic heterocycles. The predicted octanol–water partition coefficient (Wildman–Crippen LogP) is 7.92. The van der Waals surface area contributed by atoms with E-state index in [9.17, 15) is 4.79 Å². The number of ether oxygens (including phenoxy) is 2. The fourth-order valence-electron chi connectivity index (χ4n) is 4.24. The summed E-state index contributed by atoms with van der Waals surface area (Å²) in [5.74, 6) is 1.18. The Kier molecular flexibility index (Phi) is 8.77. The van der Waals surface area contributed by atoms with Crippen LogP contribution in [0.3, 0.4) is 0 Å². The van der Waals surface area contributed by atoms with Crippen LogP contribution in [0.5, 0.6) is 11.5 Å². The highest BCUT2D eigenvalue weighted by molar-refractivity contribution is 6.37. The van der Waals surface area contributed by atoms with E-state index in [0.29, 0.717) is 39.5 Å². The molecule has 5 aromatic rings. The molecule has 5 rings (SSSR count). The zero-order valence-corrected chi connectivity index (χ0v) is 23.9. The highest BCUT2D eigenvalue weighted by Gasteiger charge is 2.13. The number of hydrogen-bond donors (Lipinski definition) is 1. The Labute approximate surface area is 247 Å². The molecule has 0 aliphatic heterocycles. The van der Waals surface area contributed by atoms with Gasteiger partial charge in [-0.3, -0.25) is 4.79 Å². The number of amides is 1. The Morgan fingerprint density at radius 2 is 1.56 bits per heavy atom. The van der Waals surface area contributed by atoms with E-state index >= 15 is 0 Å². The van der Waals surface area contributed by atoms with Crippen molar-refractivity contribution in [3.63, 3.8) is 0 Å². The Hall–Kier alpha value is -4.46. The van der Waals surface area contributed by atoms with Crippen LogP contribution < -0.4 is 14.9 Å². The number of furan rings is 1. The molecule has 0 unspecified atom stereocenters. The first kappa shape index (κ1) is 28.1. The third-order valence-corrected chi connectivity index (χ3v) is 6.82. The minimum atomic E-state index is -0.505.